The molecule has 0 spiro atoms. The molecule has 1 aliphatic rings. The van der Waals surface area contributed by atoms with E-state index in [1.54, 1.807) is 14.2 Å². The van der Waals surface area contributed by atoms with E-state index in [0.717, 1.165) is 11.5 Å². The molecule has 3 heteroatoms. The van der Waals surface area contributed by atoms with Gasteiger partial charge in [0, 0.05) is 6.04 Å². The molecule has 0 amide bonds. The smallest absolute Gasteiger partial charge is 0.160 e. The summed E-state index contributed by atoms with van der Waals surface area (Å²) >= 11 is 0. The van der Waals surface area contributed by atoms with Gasteiger partial charge in [-0.05, 0) is 42.9 Å². The summed E-state index contributed by atoms with van der Waals surface area (Å²) in [6, 6.07) is 6.41. The molecule has 3 nitrogen and oxygen atoms in total. The van der Waals surface area contributed by atoms with Gasteiger partial charge in [-0.3, -0.25) is 0 Å². The Bertz CT molecular complexity index is 376. The zero-order chi connectivity index (χ0) is 11.7. The molecule has 0 aliphatic heterocycles. The van der Waals surface area contributed by atoms with Crippen molar-refractivity contribution in [2.75, 3.05) is 14.2 Å². The third-order valence-electron chi connectivity index (χ3n) is 3.35. The molecular weight excluding hydrogens is 202 g/mol. The molecule has 0 saturated heterocycles. The number of nitrogens with two attached hydrogens (primary N) is 1. The van der Waals surface area contributed by atoms with Gasteiger partial charge in [-0.1, -0.05) is 6.07 Å². The average molecular weight is 221 g/mol. The first-order chi connectivity index (χ1) is 7.67. The van der Waals surface area contributed by atoms with Gasteiger partial charge in [-0.25, -0.2) is 0 Å². The SMILES string of the molecule is COc1ccc([C@@H]2C[C@H]2[C@@H](C)N)cc1OC. The molecule has 1 fully saturated rings. The lowest BCUT2D eigenvalue weighted by molar-refractivity contribution is 0.354. The van der Waals surface area contributed by atoms with Crippen molar-refractivity contribution in [1.29, 1.82) is 0 Å². The van der Waals surface area contributed by atoms with Gasteiger partial charge < -0.3 is 15.2 Å². The van der Waals surface area contributed by atoms with Crippen LogP contribution in [0.3, 0.4) is 0 Å². The molecule has 0 bridgehead atoms. The van der Waals surface area contributed by atoms with Gasteiger partial charge in [0.1, 0.15) is 0 Å². The van der Waals surface area contributed by atoms with Crippen molar-refractivity contribution >= 4 is 0 Å². The fourth-order valence-corrected chi connectivity index (χ4v) is 2.26. The van der Waals surface area contributed by atoms with Gasteiger partial charge in [0.2, 0.25) is 0 Å². The van der Waals surface area contributed by atoms with Gasteiger partial charge in [0.25, 0.3) is 0 Å². The lowest BCUT2D eigenvalue weighted by Gasteiger charge is -2.10. The standard InChI is InChI=1S/C13H19NO2/c1-8(14)10-7-11(10)9-4-5-12(15-2)13(6-9)16-3/h4-6,8,10-11H,7,14H2,1-3H3/t8-,10+,11+/m1/s1. The van der Waals surface area contributed by atoms with Crippen molar-refractivity contribution in [3.8, 4) is 11.5 Å². The summed E-state index contributed by atoms with van der Waals surface area (Å²) in [7, 11) is 3.32. The lowest BCUT2D eigenvalue weighted by atomic mass is 10.1. The van der Waals surface area contributed by atoms with Crippen molar-refractivity contribution < 1.29 is 9.47 Å². The van der Waals surface area contributed by atoms with E-state index >= 15 is 0 Å². The molecular formula is C13H19NO2. The Morgan fingerprint density at radius 1 is 1.25 bits per heavy atom. The minimum absolute atomic E-state index is 0.276. The number of methoxy groups -OCH3 is 2. The van der Waals surface area contributed by atoms with Crippen LogP contribution in [0.2, 0.25) is 0 Å². The quantitative estimate of drug-likeness (QED) is 0.847. The maximum Gasteiger partial charge on any atom is 0.160 e. The first kappa shape index (κ1) is 11.3. The van der Waals surface area contributed by atoms with Crippen molar-refractivity contribution in [3.63, 3.8) is 0 Å². The number of ether oxygens (including phenoxy) is 2. The topological polar surface area (TPSA) is 44.5 Å². The highest BCUT2D eigenvalue weighted by Gasteiger charge is 2.40. The van der Waals surface area contributed by atoms with E-state index < -0.39 is 0 Å². The second kappa shape index (κ2) is 4.34. The number of hydrogen-bond acceptors (Lipinski definition) is 3. The van der Waals surface area contributed by atoms with Crippen LogP contribution in [0, 0.1) is 5.92 Å². The third kappa shape index (κ3) is 2.00. The number of rotatable bonds is 4. The lowest BCUT2D eigenvalue weighted by Crippen LogP contribution is -2.17. The Balaban J connectivity index is 2.18. The van der Waals surface area contributed by atoms with Crippen LogP contribution in [0.1, 0.15) is 24.8 Å². The molecule has 0 heterocycles. The largest absolute Gasteiger partial charge is 0.493 e. The van der Waals surface area contributed by atoms with Crippen LogP contribution in [0.4, 0.5) is 0 Å². The van der Waals surface area contributed by atoms with E-state index in [0.29, 0.717) is 11.8 Å². The Kier molecular flexibility index (Phi) is 3.06. The average Bonchev–Trinajstić information content (AvgIpc) is 3.08. The van der Waals surface area contributed by atoms with Gasteiger partial charge >= 0.3 is 0 Å². The number of benzene rings is 1. The van der Waals surface area contributed by atoms with Crippen molar-refractivity contribution in [2.45, 2.75) is 25.3 Å². The minimum Gasteiger partial charge on any atom is -0.493 e. The molecule has 1 aliphatic carbocycles. The first-order valence-electron chi connectivity index (χ1n) is 5.65. The molecule has 1 saturated carbocycles. The van der Waals surface area contributed by atoms with Gasteiger partial charge in [0.15, 0.2) is 11.5 Å². The predicted octanol–water partition coefficient (Wildman–Crippen LogP) is 2.15. The maximum atomic E-state index is 5.90. The fourth-order valence-electron chi connectivity index (χ4n) is 2.26. The second-order valence-electron chi connectivity index (χ2n) is 4.48. The highest BCUT2D eigenvalue weighted by Crippen LogP contribution is 2.50. The van der Waals surface area contributed by atoms with Crippen LogP contribution in [0.5, 0.6) is 11.5 Å². The summed E-state index contributed by atoms with van der Waals surface area (Å²) < 4.78 is 10.5. The Morgan fingerprint density at radius 2 is 1.94 bits per heavy atom. The molecule has 0 radical (unpaired) electrons. The summed E-state index contributed by atoms with van der Waals surface area (Å²) in [6.07, 6.45) is 1.19. The molecule has 1 aromatic rings. The zero-order valence-corrected chi connectivity index (χ0v) is 10.1. The van der Waals surface area contributed by atoms with Crippen molar-refractivity contribution in [3.05, 3.63) is 23.8 Å². The Labute approximate surface area is 96.5 Å². The van der Waals surface area contributed by atoms with Gasteiger partial charge in [-0.2, -0.15) is 0 Å². The van der Waals surface area contributed by atoms with E-state index in [1.165, 1.54) is 12.0 Å². The second-order valence-corrected chi connectivity index (χ2v) is 4.48. The van der Waals surface area contributed by atoms with E-state index in [9.17, 15) is 0 Å². The first-order valence-corrected chi connectivity index (χ1v) is 5.65. The molecule has 2 rings (SSSR count). The summed E-state index contributed by atoms with van der Waals surface area (Å²) in [5.41, 5.74) is 7.20. The molecule has 0 unspecified atom stereocenters. The maximum absolute atomic E-state index is 5.90. The van der Waals surface area contributed by atoms with E-state index in [1.807, 2.05) is 6.07 Å². The van der Waals surface area contributed by atoms with Crippen LogP contribution < -0.4 is 15.2 Å². The molecule has 2 N–H and O–H groups in total. The monoisotopic (exact) mass is 221 g/mol. The Hall–Kier alpha value is -1.22. The highest BCUT2D eigenvalue weighted by molar-refractivity contribution is 5.45. The minimum atomic E-state index is 0.276. The molecule has 16 heavy (non-hydrogen) atoms. The van der Waals surface area contributed by atoms with Crippen LogP contribution in [-0.4, -0.2) is 20.3 Å². The molecule has 3 atom stereocenters. The van der Waals surface area contributed by atoms with E-state index in [4.69, 9.17) is 15.2 Å². The molecule has 0 aromatic heterocycles. The molecule has 1 aromatic carbocycles. The van der Waals surface area contributed by atoms with Crippen molar-refractivity contribution in [1.82, 2.24) is 0 Å². The summed E-state index contributed by atoms with van der Waals surface area (Å²) in [4.78, 5) is 0. The van der Waals surface area contributed by atoms with Crippen LogP contribution in [0.25, 0.3) is 0 Å². The van der Waals surface area contributed by atoms with E-state index in [-0.39, 0.29) is 6.04 Å². The van der Waals surface area contributed by atoms with Crippen LogP contribution in [0.15, 0.2) is 18.2 Å². The number of hydrogen-bond donors (Lipinski definition) is 1. The molecule has 88 valence electrons. The van der Waals surface area contributed by atoms with Crippen LogP contribution >= 0.6 is 0 Å². The summed E-state index contributed by atoms with van der Waals surface area (Å²) in [5, 5.41) is 0. The van der Waals surface area contributed by atoms with E-state index in [2.05, 4.69) is 19.1 Å². The summed E-state index contributed by atoms with van der Waals surface area (Å²) in [6.45, 7) is 2.07. The predicted molar refractivity (Wildman–Crippen MR) is 64.0 cm³/mol. The van der Waals surface area contributed by atoms with Crippen molar-refractivity contribution in [2.24, 2.45) is 11.7 Å². The fraction of sp³-hybridized carbons (Fsp3) is 0.538. The van der Waals surface area contributed by atoms with Crippen LogP contribution in [-0.2, 0) is 0 Å². The third-order valence-corrected chi connectivity index (χ3v) is 3.35. The normalized spacial score (nSPS) is 25.0. The Morgan fingerprint density at radius 3 is 2.44 bits per heavy atom. The van der Waals surface area contributed by atoms with Gasteiger partial charge in [0.05, 0.1) is 14.2 Å². The highest BCUT2D eigenvalue weighted by atomic mass is 16.5. The van der Waals surface area contributed by atoms with Gasteiger partial charge in [-0.15, -0.1) is 0 Å². The zero-order valence-electron chi connectivity index (χ0n) is 10.1. The summed E-state index contributed by atoms with van der Waals surface area (Å²) in [5.74, 6) is 2.80.